The van der Waals surface area contributed by atoms with Crippen molar-refractivity contribution in [1.82, 2.24) is 19.5 Å². The Morgan fingerprint density at radius 2 is 1.95 bits per heavy atom. The minimum atomic E-state index is -0.571. The molecule has 2 heterocycles. The molecule has 0 atom stereocenters. The first-order valence-corrected chi connectivity index (χ1v) is 6.14. The Hall–Kier alpha value is -2.83. The standard InChI is InChI=1S/C14H11FN4O2/c1-19-12(8-3-5-9(15)6-4-8)18-11-13(19)16-7-10(17-11)14(20)21-2/h3-7H,1-2H3. The SMILES string of the molecule is COC(=O)c1cnc2c(n1)nc(-c1ccc(F)cc1)n2C. The summed E-state index contributed by atoms with van der Waals surface area (Å²) in [5, 5.41) is 0. The molecule has 0 aliphatic heterocycles. The van der Waals surface area contributed by atoms with Crippen LogP contribution in [0.3, 0.4) is 0 Å². The molecular weight excluding hydrogens is 275 g/mol. The maximum atomic E-state index is 13.0. The number of ether oxygens (including phenoxy) is 1. The van der Waals surface area contributed by atoms with E-state index < -0.39 is 5.97 Å². The van der Waals surface area contributed by atoms with Crippen molar-refractivity contribution < 1.29 is 13.9 Å². The number of methoxy groups -OCH3 is 1. The molecule has 6 nitrogen and oxygen atoms in total. The van der Waals surface area contributed by atoms with Crippen LogP contribution in [0.2, 0.25) is 0 Å². The van der Waals surface area contributed by atoms with Gasteiger partial charge in [0.1, 0.15) is 11.6 Å². The summed E-state index contributed by atoms with van der Waals surface area (Å²) in [5.74, 6) is -0.299. The van der Waals surface area contributed by atoms with Gasteiger partial charge < -0.3 is 9.30 Å². The molecular formula is C14H11FN4O2. The zero-order valence-electron chi connectivity index (χ0n) is 11.4. The van der Waals surface area contributed by atoms with E-state index in [1.807, 2.05) is 0 Å². The number of benzene rings is 1. The smallest absolute Gasteiger partial charge is 0.358 e. The monoisotopic (exact) mass is 286 g/mol. The lowest BCUT2D eigenvalue weighted by molar-refractivity contribution is 0.0594. The molecule has 2 aromatic heterocycles. The molecule has 7 heteroatoms. The van der Waals surface area contributed by atoms with E-state index in [2.05, 4.69) is 19.7 Å². The minimum absolute atomic E-state index is 0.0914. The van der Waals surface area contributed by atoms with Crippen molar-refractivity contribution in [3.63, 3.8) is 0 Å². The number of nitrogens with zero attached hydrogens (tertiary/aromatic N) is 4. The number of carbonyl (C=O) groups excluding carboxylic acids is 1. The van der Waals surface area contributed by atoms with Gasteiger partial charge in [0.2, 0.25) is 0 Å². The van der Waals surface area contributed by atoms with Gasteiger partial charge in [-0.3, -0.25) is 0 Å². The second-order valence-electron chi connectivity index (χ2n) is 4.40. The summed E-state index contributed by atoms with van der Waals surface area (Å²) in [5.41, 5.74) is 1.69. The van der Waals surface area contributed by atoms with Crippen molar-refractivity contribution in [1.29, 1.82) is 0 Å². The number of esters is 1. The normalized spacial score (nSPS) is 10.8. The molecule has 0 aliphatic carbocycles. The van der Waals surface area contributed by atoms with Crippen LogP contribution in [0.15, 0.2) is 30.5 Å². The van der Waals surface area contributed by atoms with E-state index in [9.17, 15) is 9.18 Å². The number of aryl methyl sites for hydroxylation is 1. The fraction of sp³-hybridized carbons (Fsp3) is 0.143. The lowest BCUT2D eigenvalue weighted by atomic mass is 10.2. The second kappa shape index (κ2) is 4.93. The number of imidazole rings is 1. The Labute approximate surface area is 119 Å². The molecule has 0 unspecified atom stereocenters. The lowest BCUT2D eigenvalue weighted by Crippen LogP contribution is -2.05. The Morgan fingerprint density at radius 3 is 2.62 bits per heavy atom. The second-order valence-corrected chi connectivity index (χ2v) is 4.40. The average molecular weight is 286 g/mol. The molecule has 1 aromatic carbocycles. The van der Waals surface area contributed by atoms with Gasteiger partial charge in [0.05, 0.1) is 13.3 Å². The van der Waals surface area contributed by atoms with Gasteiger partial charge in [-0.05, 0) is 24.3 Å². The van der Waals surface area contributed by atoms with E-state index in [0.717, 1.165) is 5.56 Å². The van der Waals surface area contributed by atoms with Gasteiger partial charge in [-0.2, -0.15) is 0 Å². The summed E-state index contributed by atoms with van der Waals surface area (Å²) in [6, 6.07) is 5.96. The summed E-state index contributed by atoms with van der Waals surface area (Å²) in [4.78, 5) is 24.1. The van der Waals surface area contributed by atoms with Crippen molar-refractivity contribution >= 4 is 17.3 Å². The Balaban J connectivity index is 2.14. The van der Waals surface area contributed by atoms with Crippen molar-refractivity contribution in [2.75, 3.05) is 7.11 Å². The molecule has 106 valence electrons. The van der Waals surface area contributed by atoms with E-state index in [1.54, 1.807) is 23.7 Å². The Bertz CT molecular complexity index is 827. The van der Waals surface area contributed by atoms with Crippen LogP contribution in [0.1, 0.15) is 10.5 Å². The molecule has 21 heavy (non-hydrogen) atoms. The van der Waals surface area contributed by atoms with Gasteiger partial charge in [0, 0.05) is 12.6 Å². The average Bonchev–Trinajstić information content (AvgIpc) is 2.84. The summed E-state index contributed by atoms with van der Waals surface area (Å²) in [6.07, 6.45) is 1.34. The summed E-state index contributed by atoms with van der Waals surface area (Å²) < 4.78 is 19.3. The van der Waals surface area contributed by atoms with Crippen LogP contribution in [0.4, 0.5) is 4.39 Å². The highest BCUT2D eigenvalue weighted by molar-refractivity contribution is 5.88. The first-order valence-electron chi connectivity index (χ1n) is 6.14. The highest BCUT2D eigenvalue weighted by atomic mass is 19.1. The highest BCUT2D eigenvalue weighted by Gasteiger charge is 2.15. The predicted octanol–water partition coefficient (Wildman–Crippen LogP) is 1.96. The number of hydrogen-bond donors (Lipinski definition) is 0. The molecule has 0 bridgehead atoms. The van der Waals surface area contributed by atoms with Gasteiger partial charge in [-0.25, -0.2) is 24.1 Å². The first-order chi connectivity index (χ1) is 10.1. The number of carbonyl (C=O) groups is 1. The van der Waals surface area contributed by atoms with Gasteiger partial charge in [0.15, 0.2) is 17.0 Å². The third-order valence-corrected chi connectivity index (χ3v) is 3.08. The van der Waals surface area contributed by atoms with Gasteiger partial charge in [-0.15, -0.1) is 0 Å². The largest absolute Gasteiger partial charge is 0.464 e. The molecule has 0 fully saturated rings. The predicted molar refractivity (Wildman–Crippen MR) is 73.0 cm³/mol. The molecule has 0 radical (unpaired) electrons. The number of hydrogen-bond acceptors (Lipinski definition) is 5. The zero-order chi connectivity index (χ0) is 15.0. The number of rotatable bonds is 2. The van der Waals surface area contributed by atoms with Crippen LogP contribution in [-0.4, -0.2) is 32.6 Å². The molecule has 0 amide bonds. The maximum absolute atomic E-state index is 13.0. The molecule has 0 saturated carbocycles. The van der Waals surface area contributed by atoms with Crippen LogP contribution in [0.25, 0.3) is 22.7 Å². The molecule has 3 rings (SSSR count). The molecule has 0 saturated heterocycles. The topological polar surface area (TPSA) is 69.9 Å². The third kappa shape index (κ3) is 2.22. The molecule has 0 N–H and O–H groups in total. The molecule has 0 aliphatic rings. The van der Waals surface area contributed by atoms with E-state index in [-0.39, 0.29) is 11.5 Å². The van der Waals surface area contributed by atoms with Gasteiger partial charge >= 0.3 is 5.97 Å². The third-order valence-electron chi connectivity index (χ3n) is 3.08. The van der Waals surface area contributed by atoms with E-state index in [1.165, 1.54) is 25.4 Å². The van der Waals surface area contributed by atoms with Crippen LogP contribution >= 0.6 is 0 Å². The summed E-state index contributed by atoms with van der Waals surface area (Å²) >= 11 is 0. The summed E-state index contributed by atoms with van der Waals surface area (Å²) in [6.45, 7) is 0. The van der Waals surface area contributed by atoms with Crippen LogP contribution in [0, 0.1) is 5.82 Å². The van der Waals surface area contributed by atoms with Crippen molar-refractivity contribution in [3.8, 4) is 11.4 Å². The fourth-order valence-electron chi connectivity index (χ4n) is 2.02. The van der Waals surface area contributed by atoms with E-state index in [4.69, 9.17) is 0 Å². The molecule has 0 spiro atoms. The van der Waals surface area contributed by atoms with Crippen molar-refractivity contribution in [3.05, 3.63) is 42.0 Å². The zero-order valence-corrected chi connectivity index (χ0v) is 11.4. The van der Waals surface area contributed by atoms with Crippen LogP contribution < -0.4 is 0 Å². The van der Waals surface area contributed by atoms with Crippen molar-refractivity contribution in [2.45, 2.75) is 0 Å². The number of halogens is 1. The highest BCUT2D eigenvalue weighted by Crippen LogP contribution is 2.21. The quantitative estimate of drug-likeness (QED) is 0.673. The lowest BCUT2D eigenvalue weighted by Gasteiger charge is -2.01. The number of aromatic nitrogens is 4. The fourth-order valence-corrected chi connectivity index (χ4v) is 2.02. The van der Waals surface area contributed by atoms with Gasteiger partial charge in [-0.1, -0.05) is 0 Å². The van der Waals surface area contributed by atoms with Crippen LogP contribution in [0.5, 0.6) is 0 Å². The summed E-state index contributed by atoms with van der Waals surface area (Å²) in [7, 11) is 3.05. The van der Waals surface area contributed by atoms with E-state index >= 15 is 0 Å². The Morgan fingerprint density at radius 1 is 1.24 bits per heavy atom. The maximum Gasteiger partial charge on any atom is 0.358 e. The van der Waals surface area contributed by atoms with E-state index in [0.29, 0.717) is 17.1 Å². The van der Waals surface area contributed by atoms with Crippen molar-refractivity contribution in [2.24, 2.45) is 7.05 Å². The van der Waals surface area contributed by atoms with Gasteiger partial charge in [0.25, 0.3) is 0 Å². The minimum Gasteiger partial charge on any atom is -0.464 e. The number of fused-ring (bicyclic) bond motifs is 1. The Kier molecular flexibility index (Phi) is 3.09. The first kappa shape index (κ1) is 13.2. The van der Waals surface area contributed by atoms with Crippen LogP contribution in [-0.2, 0) is 11.8 Å². The molecule has 3 aromatic rings.